The number of halogens is 1. The van der Waals surface area contributed by atoms with E-state index < -0.39 is 0 Å². The summed E-state index contributed by atoms with van der Waals surface area (Å²) in [4.78, 5) is 38.5. The van der Waals surface area contributed by atoms with Crippen LogP contribution in [0.15, 0.2) is 42.5 Å². The first kappa shape index (κ1) is 23.6. The summed E-state index contributed by atoms with van der Waals surface area (Å²) in [6.07, 6.45) is 0.200. The molecule has 0 radical (unpaired) electrons. The van der Waals surface area contributed by atoms with Crippen molar-refractivity contribution >= 4 is 40.7 Å². The number of carbonyl (C=O) groups excluding carboxylic acids is 3. The van der Waals surface area contributed by atoms with Crippen molar-refractivity contribution in [3.63, 3.8) is 0 Å². The second kappa shape index (κ2) is 10.5. The third kappa shape index (κ3) is 6.23. The van der Waals surface area contributed by atoms with Crippen molar-refractivity contribution in [1.29, 1.82) is 0 Å². The van der Waals surface area contributed by atoms with Crippen LogP contribution in [0.25, 0.3) is 0 Å². The minimum Gasteiger partial charge on any atom is -0.484 e. The Hall–Kier alpha value is -3.06. The fourth-order valence-corrected chi connectivity index (χ4v) is 3.54. The molecule has 1 aliphatic heterocycles. The Balaban J connectivity index is 1.52. The predicted molar refractivity (Wildman–Crippen MR) is 125 cm³/mol. The molecule has 8 heteroatoms. The summed E-state index contributed by atoms with van der Waals surface area (Å²) in [7, 11) is 0. The van der Waals surface area contributed by atoms with Crippen molar-refractivity contribution in [2.24, 2.45) is 11.8 Å². The van der Waals surface area contributed by atoms with Gasteiger partial charge in [0.2, 0.25) is 11.8 Å². The Kier molecular flexibility index (Phi) is 7.75. The lowest BCUT2D eigenvalue weighted by Crippen LogP contribution is -2.35. The second-order valence-electron chi connectivity index (χ2n) is 8.33. The van der Waals surface area contributed by atoms with E-state index in [4.69, 9.17) is 16.3 Å². The Labute approximate surface area is 193 Å². The highest BCUT2D eigenvalue weighted by Gasteiger charge is 2.35. The third-order valence-electron chi connectivity index (χ3n) is 5.17. The Morgan fingerprint density at radius 1 is 1.19 bits per heavy atom. The van der Waals surface area contributed by atoms with Gasteiger partial charge in [-0.3, -0.25) is 14.4 Å². The maximum Gasteiger partial charge on any atom is 0.262 e. The zero-order valence-electron chi connectivity index (χ0n) is 18.5. The highest BCUT2D eigenvalue weighted by Crippen LogP contribution is 2.27. The van der Waals surface area contributed by atoms with Crippen LogP contribution in [0.4, 0.5) is 11.4 Å². The van der Waals surface area contributed by atoms with Gasteiger partial charge in [0.1, 0.15) is 5.75 Å². The number of anilines is 2. The molecule has 2 aromatic carbocycles. The maximum atomic E-state index is 12.4. The number of ether oxygens (including phenoxy) is 1. The maximum absolute atomic E-state index is 12.4. The molecule has 1 saturated heterocycles. The van der Waals surface area contributed by atoms with Gasteiger partial charge >= 0.3 is 0 Å². The molecule has 0 aliphatic carbocycles. The SMILES string of the molecule is Cc1ccc(Cl)cc1NC(=O)COc1ccc(N2CC(C(=O)NCC(C)C)CC2=O)cc1. The number of amides is 3. The molecule has 1 heterocycles. The second-order valence-corrected chi connectivity index (χ2v) is 8.77. The first-order chi connectivity index (χ1) is 15.2. The van der Waals surface area contributed by atoms with Gasteiger partial charge in [0.05, 0.1) is 5.92 Å². The molecule has 3 amide bonds. The molecule has 32 heavy (non-hydrogen) atoms. The molecule has 2 N–H and O–H groups in total. The van der Waals surface area contributed by atoms with E-state index in [1.807, 2.05) is 26.8 Å². The fraction of sp³-hybridized carbons (Fsp3) is 0.375. The van der Waals surface area contributed by atoms with Crippen LogP contribution in [0.5, 0.6) is 5.75 Å². The number of rotatable bonds is 8. The van der Waals surface area contributed by atoms with E-state index in [1.165, 1.54) is 0 Å². The van der Waals surface area contributed by atoms with Gasteiger partial charge in [-0.15, -0.1) is 0 Å². The summed E-state index contributed by atoms with van der Waals surface area (Å²) < 4.78 is 5.56. The van der Waals surface area contributed by atoms with Gasteiger partial charge in [0.15, 0.2) is 6.61 Å². The van der Waals surface area contributed by atoms with Crippen LogP contribution in [0, 0.1) is 18.8 Å². The van der Waals surface area contributed by atoms with Crippen LogP contribution in [0.3, 0.4) is 0 Å². The summed E-state index contributed by atoms with van der Waals surface area (Å²) >= 11 is 5.97. The average molecular weight is 458 g/mol. The van der Waals surface area contributed by atoms with Crippen molar-refractivity contribution in [2.75, 3.05) is 29.9 Å². The normalized spacial score (nSPS) is 15.7. The van der Waals surface area contributed by atoms with Crippen LogP contribution < -0.4 is 20.3 Å². The number of benzene rings is 2. The highest BCUT2D eigenvalue weighted by molar-refractivity contribution is 6.31. The molecule has 1 unspecified atom stereocenters. The minimum atomic E-state index is -0.351. The number of hydrogen-bond acceptors (Lipinski definition) is 4. The van der Waals surface area contributed by atoms with E-state index in [1.54, 1.807) is 41.3 Å². The number of carbonyl (C=O) groups is 3. The lowest BCUT2D eigenvalue weighted by atomic mass is 10.1. The van der Waals surface area contributed by atoms with E-state index in [2.05, 4.69) is 10.6 Å². The van der Waals surface area contributed by atoms with Crippen LogP contribution in [-0.4, -0.2) is 37.4 Å². The fourth-order valence-electron chi connectivity index (χ4n) is 3.37. The largest absolute Gasteiger partial charge is 0.484 e. The van der Waals surface area contributed by atoms with Crippen LogP contribution >= 0.6 is 11.6 Å². The molecule has 1 atom stereocenters. The minimum absolute atomic E-state index is 0.0837. The topological polar surface area (TPSA) is 87.7 Å². The number of aryl methyl sites for hydroxylation is 1. The first-order valence-electron chi connectivity index (χ1n) is 10.6. The molecular formula is C24H28ClN3O4. The molecule has 1 fully saturated rings. The Morgan fingerprint density at radius 3 is 2.59 bits per heavy atom. The molecule has 0 saturated carbocycles. The van der Waals surface area contributed by atoms with Crippen LogP contribution in [0.2, 0.25) is 5.02 Å². The molecule has 0 bridgehead atoms. The first-order valence-corrected chi connectivity index (χ1v) is 11.0. The molecule has 3 rings (SSSR count). The van der Waals surface area contributed by atoms with Gasteiger partial charge in [-0.2, -0.15) is 0 Å². The number of hydrogen-bond donors (Lipinski definition) is 2. The van der Waals surface area contributed by atoms with E-state index in [0.717, 1.165) is 5.56 Å². The third-order valence-corrected chi connectivity index (χ3v) is 5.41. The van der Waals surface area contributed by atoms with E-state index in [0.29, 0.717) is 41.2 Å². The van der Waals surface area contributed by atoms with Crippen molar-refractivity contribution in [3.05, 3.63) is 53.1 Å². The molecule has 2 aromatic rings. The zero-order chi connectivity index (χ0) is 23.3. The lowest BCUT2D eigenvalue weighted by Gasteiger charge is -2.17. The number of nitrogens with zero attached hydrogens (tertiary/aromatic N) is 1. The average Bonchev–Trinajstić information content (AvgIpc) is 3.15. The van der Waals surface area contributed by atoms with Crippen molar-refractivity contribution < 1.29 is 19.1 Å². The number of nitrogens with one attached hydrogen (secondary N) is 2. The summed E-state index contributed by atoms with van der Waals surface area (Å²) in [5.41, 5.74) is 2.24. The van der Waals surface area contributed by atoms with Crippen molar-refractivity contribution in [2.45, 2.75) is 27.2 Å². The molecule has 7 nitrogen and oxygen atoms in total. The van der Waals surface area contributed by atoms with E-state index in [-0.39, 0.29) is 36.7 Å². The van der Waals surface area contributed by atoms with E-state index >= 15 is 0 Å². The highest BCUT2D eigenvalue weighted by atomic mass is 35.5. The molecule has 0 spiro atoms. The van der Waals surface area contributed by atoms with Crippen molar-refractivity contribution in [1.82, 2.24) is 5.32 Å². The van der Waals surface area contributed by atoms with Gasteiger partial charge < -0.3 is 20.3 Å². The van der Waals surface area contributed by atoms with Crippen LogP contribution in [0.1, 0.15) is 25.8 Å². The van der Waals surface area contributed by atoms with Gasteiger partial charge in [0.25, 0.3) is 5.91 Å². The lowest BCUT2D eigenvalue weighted by molar-refractivity contribution is -0.126. The van der Waals surface area contributed by atoms with Gasteiger partial charge in [-0.05, 0) is 54.8 Å². The smallest absolute Gasteiger partial charge is 0.262 e. The molecule has 0 aromatic heterocycles. The standard InChI is InChI=1S/C24H28ClN3O4/c1-15(2)12-26-24(31)17-10-23(30)28(13-17)19-6-8-20(9-7-19)32-14-22(29)27-21-11-18(25)5-4-16(21)3/h4-9,11,15,17H,10,12-14H2,1-3H3,(H,26,31)(H,27,29). The monoisotopic (exact) mass is 457 g/mol. The molecule has 1 aliphatic rings. The van der Waals surface area contributed by atoms with Gasteiger partial charge in [0, 0.05) is 35.9 Å². The Bertz CT molecular complexity index is 991. The summed E-state index contributed by atoms with van der Waals surface area (Å²) in [5.74, 6) is 0.0382. The summed E-state index contributed by atoms with van der Waals surface area (Å²) in [6.45, 7) is 6.72. The summed E-state index contributed by atoms with van der Waals surface area (Å²) in [6, 6.07) is 12.2. The van der Waals surface area contributed by atoms with Crippen LogP contribution in [-0.2, 0) is 14.4 Å². The summed E-state index contributed by atoms with van der Waals surface area (Å²) in [5, 5.41) is 6.21. The Morgan fingerprint density at radius 2 is 1.91 bits per heavy atom. The predicted octanol–water partition coefficient (Wildman–Crippen LogP) is 3.79. The quantitative estimate of drug-likeness (QED) is 0.631. The zero-order valence-corrected chi connectivity index (χ0v) is 19.2. The van der Waals surface area contributed by atoms with Gasteiger partial charge in [-0.1, -0.05) is 31.5 Å². The van der Waals surface area contributed by atoms with E-state index in [9.17, 15) is 14.4 Å². The molecule has 170 valence electrons. The van der Waals surface area contributed by atoms with Gasteiger partial charge in [-0.25, -0.2) is 0 Å². The molecular weight excluding hydrogens is 430 g/mol. The van der Waals surface area contributed by atoms with Crippen molar-refractivity contribution in [3.8, 4) is 5.75 Å².